The van der Waals surface area contributed by atoms with Gasteiger partial charge in [-0.1, -0.05) is 11.6 Å². The molecule has 0 aliphatic carbocycles. The summed E-state index contributed by atoms with van der Waals surface area (Å²) in [6, 6.07) is 7.22. The molecular weight excluding hydrogens is 332 g/mol. The molecule has 0 atom stereocenters. The lowest BCUT2D eigenvalue weighted by atomic mass is 10.1. The molecule has 2 amide bonds. The van der Waals surface area contributed by atoms with Crippen LogP contribution in [-0.4, -0.2) is 37.7 Å². The van der Waals surface area contributed by atoms with Gasteiger partial charge in [-0.25, -0.2) is 4.79 Å². The Morgan fingerprint density at radius 2 is 2.17 bits per heavy atom. The summed E-state index contributed by atoms with van der Waals surface area (Å²) in [6.07, 6.45) is 2.24. The van der Waals surface area contributed by atoms with E-state index in [1.807, 2.05) is 18.2 Å². The maximum atomic E-state index is 12.1. The lowest BCUT2D eigenvalue weighted by Gasteiger charge is -2.20. The first-order valence-corrected chi connectivity index (χ1v) is 8.10. The standard InChI is InChI=1S/C17H19ClN2O4/c1-20(11-13-3-2-6-22-13)17(21)19-5-4-12-9-14(18)16-15(10-12)23-7-8-24-16/h2-3,6,9-10H,4-5,7-8,11H2,1H3,(H,19,21). The summed E-state index contributed by atoms with van der Waals surface area (Å²) in [4.78, 5) is 13.6. The van der Waals surface area contributed by atoms with Crippen LogP contribution in [0.2, 0.25) is 5.02 Å². The summed E-state index contributed by atoms with van der Waals surface area (Å²) >= 11 is 6.21. The van der Waals surface area contributed by atoms with E-state index in [1.165, 1.54) is 0 Å². The second-order valence-corrected chi connectivity index (χ2v) is 5.93. The summed E-state index contributed by atoms with van der Waals surface area (Å²) in [5.74, 6) is 1.99. The average Bonchev–Trinajstić information content (AvgIpc) is 3.08. The minimum absolute atomic E-state index is 0.157. The summed E-state index contributed by atoms with van der Waals surface area (Å²) < 4.78 is 16.3. The first-order valence-electron chi connectivity index (χ1n) is 7.73. The molecule has 2 heterocycles. The van der Waals surface area contributed by atoms with Gasteiger partial charge in [0.05, 0.1) is 17.8 Å². The van der Waals surface area contributed by atoms with E-state index < -0.39 is 0 Å². The Bertz CT molecular complexity index is 703. The quantitative estimate of drug-likeness (QED) is 0.900. The summed E-state index contributed by atoms with van der Waals surface area (Å²) in [5.41, 5.74) is 0.984. The number of carbonyl (C=O) groups excluding carboxylic acids is 1. The molecule has 1 N–H and O–H groups in total. The molecule has 0 radical (unpaired) electrons. The third kappa shape index (κ3) is 3.94. The van der Waals surface area contributed by atoms with Crippen LogP contribution < -0.4 is 14.8 Å². The Balaban J connectivity index is 1.51. The predicted octanol–water partition coefficient (Wildman–Crippen LogP) is 3.09. The number of nitrogens with zero attached hydrogens (tertiary/aromatic N) is 1. The van der Waals surface area contributed by atoms with E-state index >= 15 is 0 Å². The highest BCUT2D eigenvalue weighted by atomic mass is 35.5. The van der Waals surface area contributed by atoms with E-state index in [2.05, 4.69) is 5.32 Å². The lowest BCUT2D eigenvalue weighted by molar-refractivity contribution is 0.171. The van der Waals surface area contributed by atoms with Gasteiger partial charge in [-0.05, 0) is 36.2 Å². The number of rotatable bonds is 5. The van der Waals surface area contributed by atoms with Gasteiger partial charge in [0.15, 0.2) is 11.5 Å². The van der Waals surface area contributed by atoms with E-state index in [1.54, 1.807) is 24.3 Å². The molecule has 1 aliphatic heterocycles. The molecule has 2 aromatic rings. The zero-order chi connectivity index (χ0) is 16.9. The Hall–Kier alpha value is -2.34. The number of urea groups is 1. The van der Waals surface area contributed by atoms with Crippen LogP contribution in [0.5, 0.6) is 11.5 Å². The zero-order valence-corrected chi connectivity index (χ0v) is 14.1. The number of carbonyl (C=O) groups is 1. The molecule has 128 valence electrons. The van der Waals surface area contributed by atoms with Crippen molar-refractivity contribution < 1.29 is 18.7 Å². The fraction of sp³-hybridized carbons (Fsp3) is 0.353. The number of amides is 2. The molecule has 0 saturated heterocycles. The second kappa shape index (κ2) is 7.49. The van der Waals surface area contributed by atoms with Crippen LogP contribution in [0.15, 0.2) is 34.9 Å². The average molecular weight is 351 g/mol. The topological polar surface area (TPSA) is 63.9 Å². The van der Waals surface area contributed by atoms with Crippen LogP contribution in [0.1, 0.15) is 11.3 Å². The highest BCUT2D eigenvalue weighted by Crippen LogP contribution is 2.38. The van der Waals surface area contributed by atoms with Crippen molar-refractivity contribution in [3.8, 4) is 11.5 Å². The molecule has 0 saturated carbocycles. The van der Waals surface area contributed by atoms with E-state index in [-0.39, 0.29) is 6.03 Å². The van der Waals surface area contributed by atoms with Crippen LogP contribution in [0.3, 0.4) is 0 Å². The Morgan fingerprint density at radius 1 is 1.33 bits per heavy atom. The van der Waals surface area contributed by atoms with Gasteiger partial charge in [-0.15, -0.1) is 0 Å². The van der Waals surface area contributed by atoms with Gasteiger partial charge in [0.25, 0.3) is 0 Å². The third-order valence-electron chi connectivity index (χ3n) is 3.67. The minimum Gasteiger partial charge on any atom is -0.486 e. The normalized spacial score (nSPS) is 12.8. The molecular formula is C17H19ClN2O4. The molecule has 24 heavy (non-hydrogen) atoms. The number of nitrogens with one attached hydrogen (secondary N) is 1. The maximum absolute atomic E-state index is 12.1. The number of halogens is 1. The van der Waals surface area contributed by atoms with Crippen LogP contribution in [0.25, 0.3) is 0 Å². The number of fused-ring (bicyclic) bond motifs is 1. The van der Waals surface area contributed by atoms with Crippen molar-refractivity contribution in [3.63, 3.8) is 0 Å². The highest BCUT2D eigenvalue weighted by molar-refractivity contribution is 6.32. The SMILES string of the molecule is CN(Cc1ccco1)C(=O)NCCc1cc(Cl)c2c(c1)OCCO2. The molecule has 1 aromatic heterocycles. The highest BCUT2D eigenvalue weighted by Gasteiger charge is 2.17. The zero-order valence-electron chi connectivity index (χ0n) is 13.4. The van der Waals surface area contributed by atoms with E-state index in [9.17, 15) is 4.79 Å². The van der Waals surface area contributed by atoms with Gasteiger partial charge in [0.2, 0.25) is 0 Å². The van der Waals surface area contributed by atoms with E-state index in [0.717, 1.165) is 11.3 Å². The van der Waals surface area contributed by atoms with Gasteiger partial charge in [-0.3, -0.25) is 0 Å². The Kier molecular flexibility index (Phi) is 5.15. The second-order valence-electron chi connectivity index (χ2n) is 5.52. The van der Waals surface area contributed by atoms with Crippen LogP contribution >= 0.6 is 11.6 Å². The first-order chi connectivity index (χ1) is 11.6. The molecule has 7 heteroatoms. The summed E-state index contributed by atoms with van der Waals surface area (Å²) in [6.45, 7) is 1.94. The van der Waals surface area contributed by atoms with Gasteiger partial charge in [0.1, 0.15) is 19.0 Å². The fourth-order valence-corrected chi connectivity index (χ4v) is 2.75. The molecule has 1 aromatic carbocycles. The van der Waals surface area contributed by atoms with E-state index in [0.29, 0.717) is 49.2 Å². The van der Waals surface area contributed by atoms with Crippen molar-refractivity contribution in [2.75, 3.05) is 26.8 Å². The number of benzene rings is 1. The smallest absolute Gasteiger partial charge is 0.317 e. The molecule has 3 rings (SSSR count). The largest absolute Gasteiger partial charge is 0.486 e. The van der Waals surface area contributed by atoms with E-state index in [4.69, 9.17) is 25.5 Å². The van der Waals surface area contributed by atoms with Crippen LogP contribution in [0, 0.1) is 0 Å². The van der Waals surface area contributed by atoms with Crippen LogP contribution in [0.4, 0.5) is 4.79 Å². The summed E-state index contributed by atoms with van der Waals surface area (Å²) in [5, 5.41) is 3.40. The first kappa shape index (κ1) is 16.5. The van der Waals surface area contributed by atoms with Gasteiger partial charge >= 0.3 is 6.03 Å². The monoisotopic (exact) mass is 350 g/mol. The predicted molar refractivity (Wildman–Crippen MR) is 89.7 cm³/mol. The van der Waals surface area contributed by atoms with Gasteiger partial charge in [0, 0.05) is 13.6 Å². The molecule has 0 bridgehead atoms. The Labute approximate surface area is 145 Å². The molecule has 1 aliphatic rings. The lowest BCUT2D eigenvalue weighted by Crippen LogP contribution is -2.37. The van der Waals surface area contributed by atoms with Crippen LogP contribution in [-0.2, 0) is 13.0 Å². The minimum atomic E-state index is -0.157. The van der Waals surface area contributed by atoms with Crippen molar-refractivity contribution >= 4 is 17.6 Å². The molecule has 0 fully saturated rings. The Morgan fingerprint density at radius 3 is 2.96 bits per heavy atom. The number of ether oxygens (including phenoxy) is 2. The van der Waals surface area contributed by atoms with Crippen molar-refractivity contribution in [2.45, 2.75) is 13.0 Å². The maximum Gasteiger partial charge on any atom is 0.317 e. The molecule has 6 nitrogen and oxygen atoms in total. The molecule has 0 unspecified atom stereocenters. The van der Waals surface area contributed by atoms with Crippen molar-refractivity contribution in [2.24, 2.45) is 0 Å². The van der Waals surface area contributed by atoms with Gasteiger partial charge in [-0.2, -0.15) is 0 Å². The summed E-state index contributed by atoms with van der Waals surface area (Å²) in [7, 11) is 1.72. The van der Waals surface area contributed by atoms with Crippen molar-refractivity contribution in [1.82, 2.24) is 10.2 Å². The fourth-order valence-electron chi connectivity index (χ4n) is 2.47. The van der Waals surface area contributed by atoms with Gasteiger partial charge < -0.3 is 24.1 Å². The van der Waals surface area contributed by atoms with Crippen molar-refractivity contribution in [1.29, 1.82) is 0 Å². The number of hydrogen-bond donors (Lipinski definition) is 1. The van der Waals surface area contributed by atoms with Crippen molar-refractivity contribution in [3.05, 3.63) is 46.9 Å². The molecule has 0 spiro atoms. The number of furan rings is 1. The third-order valence-corrected chi connectivity index (χ3v) is 3.95. The number of hydrogen-bond acceptors (Lipinski definition) is 4.